The van der Waals surface area contributed by atoms with Gasteiger partial charge in [0.2, 0.25) is 0 Å². The predicted octanol–water partition coefficient (Wildman–Crippen LogP) is 8.41. The lowest BCUT2D eigenvalue weighted by atomic mass is 9.44. The fourth-order valence-electron chi connectivity index (χ4n) is 9.81. The van der Waals surface area contributed by atoms with Gasteiger partial charge in [0.05, 0.1) is 6.10 Å². The van der Waals surface area contributed by atoms with E-state index in [2.05, 4.69) is 69.6 Å². The van der Waals surface area contributed by atoms with Gasteiger partial charge in [0, 0.05) is 10.2 Å². The number of alkyl halides is 1. The number of hydrogen-bond donors (Lipinski definition) is 0. The Labute approximate surface area is 200 Å². The van der Waals surface area contributed by atoms with E-state index in [1.54, 1.807) is 0 Å². The van der Waals surface area contributed by atoms with Crippen LogP contribution in [0.5, 0.6) is 0 Å². The normalized spacial score (nSPS) is 52.9. The number of fused-ring (bicyclic) bond motifs is 4. The Kier molecular flexibility index (Phi) is 5.82. The van der Waals surface area contributed by atoms with Gasteiger partial charge in [-0.05, 0) is 105 Å². The quantitative estimate of drug-likeness (QED) is 0.214. The molecule has 1 aliphatic heterocycles. The van der Waals surface area contributed by atoms with E-state index in [0.717, 1.165) is 41.4 Å². The fraction of sp³-hybridized carbons (Fsp3) is 0.931. The van der Waals surface area contributed by atoms with Crippen molar-refractivity contribution in [1.82, 2.24) is 0 Å². The lowest BCUT2D eigenvalue weighted by Gasteiger charge is -2.59. The Hall–Kier alpha value is 0.180. The summed E-state index contributed by atoms with van der Waals surface area (Å²) < 4.78 is 6.65. The van der Waals surface area contributed by atoms with Crippen LogP contribution in [-0.2, 0) is 4.74 Å². The Morgan fingerprint density at radius 1 is 1.00 bits per heavy atom. The molecule has 1 spiro atoms. The van der Waals surface area contributed by atoms with Crippen molar-refractivity contribution in [3.63, 3.8) is 0 Å². The zero-order chi connectivity index (χ0) is 22.2. The van der Waals surface area contributed by atoms with Crippen molar-refractivity contribution in [2.45, 2.75) is 116 Å². The Morgan fingerprint density at radius 3 is 2.48 bits per heavy atom. The molecular formula is C29H47BrO. The molecular weight excluding hydrogens is 444 g/mol. The summed E-state index contributed by atoms with van der Waals surface area (Å²) in [5, 5.41) is 0. The van der Waals surface area contributed by atoms with Crippen LogP contribution in [0.15, 0.2) is 12.2 Å². The zero-order valence-electron chi connectivity index (χ0n) is 21.0. The third kappa shape index (κ3) is 3.30. The molecule has 2 heteroatoms. The van der Waals surface area contributed by atoms with Crippen molar-refractivity contribution in [3.8, 4) is 0 Å². The van der Waals surface area contributed by atoms with Crippen LogP contribution in [0.1, 0.15) is 99.3 Å². The molecule has 31 heavy (non-hydrogen) atoms. The van der Waals surface area contributed by atoms with Crippen molar-refractivity contribution in [2.24, 2.45) is 52.3 Å². The first-order valence-electron chi connectivity index (χ1n) is 13.7. The number of allylic oxidation sites excluding steroid dienone is 2. The largest absolute Gasteiger partial charge is 0.365 e. The Balaban J connectivity index is 1.35. The third-order valence-electron chi connectivity index (χ3n) is 11.7. The topological polar surface area (TPSA) is 12.5 Å². The van der Waals surface area contributed by atoms with E-state index in [-0.39, 0.29) is 5.60 Å². The van der Waals surface area contributed by atoms with Crippen LogP contribution in [0, 0.1) is 52.3 Å². The third-order valence-corrected chi connectivity index (χ3v) is 12.5. The summed E-state index contributed by atoms with van der Waals surface area (Å²) >= 11 is 3.95. The minimum Gasteiger partial charge on any atom is -0.365 e. The summed E-state index contributed by atoms with van der Waals surface area (Å²) in [5.41, 5.74) is 1.21. The maximum absolute atomic E-state index is 6.65. The van der Waals surface area contributed by atoms with Crippen molar-refractivity contribution >= 4 is 15.9 Å². The van der Waals surface area contributed by atoms with Gasteiger partial charge in [0.1, 0.15) is 5.60 Å². The minimum atomic E-state index is 0.231. The maximum Gasteiger partial charge on any atom is 0.101 e. The van der Waals surface area contributed by atoms with E-state index < -0.39 is 0 Å². The first-order chi connectivity index (χ1) is 14.7. The van der Waals surface area contributed by atoms with Crippen molar-refractivity contribution in [3.05, 3.63) is 12.2 Å². The van der Waals surface area contributed by atoms with Gasteiger partial charge < -0.3 is 4.74 Å². The second-order valence-electron chi connectivity index (χ2n) is 13.2. The molecule has 0 radical (unpaired) electrons. The van der Waals surface area contributed by atoms with Crippen LogP contribution in [0.2, 0.25) is 0 Å². The van der Waals surface area contributed by atoms with Gasteiger partial charge in [0.25, 0.3) is 0 Å². The predicted molar refractivity (Wildman–Crippen MR) is 134 cm³/mol. The summed E-state index contributed by atoms with van der Waals surface area (Å²) in [7, 11) is 0. The van der Waals surface area contributed by atoms with Crippen LogP contribution < -0.4 is 0 Å². The van der Waals surface area contributed by atoms with E-state index in [4.69, 9.17) is 4.74 Å². The zero-order valence-corrected chi connectivity index (χ0v) is 22.6. The van der Waals surface area contributed by atoms with Crippen LogP contribution in [-0.4, -0.2) is 16.5 Å². The number of ether oxygens (including phenoxy) is 1. The molecule has 0 aromatic carbocycles. The van der Waals surface area contributed by atoms with E-state index in [9.17, 15) is 0 Å². The molecule has 1 nitrogen and oxygen atoms in total. The van der Waals surface area contributed by atoms with E-state index in [0.29, 0.717) is 21.8 Å². The van der Waals surface area contributed by atoms with Crippen LogP contribution in [0.4, 0.5) is 0 Å². The standard InChI is InChI=1S/C29H47BrO/c1-7-20(18(2)3)9-8-19(4)23-10-11-24-22-16-26-29(31-26)17-21(30)12-15-28(29,6)25(22)13-14-27(23,24)5/h8-9,18-26H,7,10-17H2,1-6H3/t19-,20-,21-,22+,23-,24+,25+,26-,27-,28-,29-/m1/s1. The van der Waals surface area contributed by atoms with Crippen LogP contribution in [0.25, 0.3) is 0 Å². The molecule has 0 aromatic rings. The highest BCUT2D eigenvalue weighted by atomic mass is 79.9. The molecule has 4 saturated carbocycles. The monoisotopic (exact) mass is 490 g/mol. The van der Waals surface area contributed by atoms with Gasteiger partial charge in [-0.15, -0.1) is 0 Å². The van der Waals surface area contributed by atoms with E-state index >= 15 is 0 Å². The number of rotatable bonds is 5. The minimum absolute atomic E-state index is 0.231. The van der Waals surface area contributed by atoms with Crippen molar-refractivity contribution in [1.29, 1.82) is 0 Å². The smallest absolute Gasteiger partial charge is 0.101 e. The molecule has 11 atom stereocenters. The lowest BCUT2D eigenvalue weighted by molar-refractivity contribution is -0.0973. The van der Waals surface area contributed by atoms with Gasteiger partial charge >= 0.3 is 0 Å². The van der Waals surface area contributed by atoms with Crippen LogP contribution in [0.3, 0.4) is 0 Å². The summed E-state index contributed by atoms with van der Waals surface area (Å²) in [6.45, 7) is 15.0. The highest BCUT2D eigenvalue weighted by Crippen LogP contribution is 2.74. The van der Waals surface area contributed by atoms with Crippen molar-refractivity contribution < 1.29 is 4.74 Å². The molecule has 0 aromatic heterocycles. The highest BCUT2D eigenvalue weighted by molar-refractivity contribution is 9.09. The summed E-state index contributed by atoms with van der Waals surface area (Å²) in [6, 6.07) is 0. The Morgan fingerprint density at radius 2 is 1.77 bits per heavy atom. The molecule has 5 aliphatic rings. The first kappa shape index (κ1) is 22.9. The van der Waals surface area contributed by atoms with Crippen LogP contribution >= 0.6 is 15.9 Å². The summed E-state index contributed by atoms with van der Waals surface area (Å²) in [4.78, 5) is 0.678. The second-order valence-corrected chi connectivity index (χ2v) is 14.4. The number of epoxide rings is 1. The Bertz CT molecular complexity index is 716. The molecule has 4 aliphatic carbocycles. The van der Waals surface area contributed by atoms with E-state index in [1.807, 2.05) is 0 Å². The van der Waals surface area contributed by atoms with E-state index in [1.165, 1.54) is 57.8 Å². The average Bonchev–Trinajstić information content (AvgIpc) is 3.29. The molecule has 1 saturated heterocycles. The van der Waals surface area contributed by atoms with Gasteiger partial charge in [-0.2, -0.15) is 0 Å². The molecule has 0 amide bonds. The molecule has 5 rings (SSSR count). The average molecular weight is 492 g/mol. The number of halogens is 1. The summed E-state index contributed by atoms with van der Waals surface area (Å²) in [5.74, 6) is 5.84. The molecule has 0 unspecified atom stereocenters. The fourth-order valence-corrected chi connectivity index (χ4v) is 10.5. The lowest BCUT2D eigenvalue weighted by Crippen LogP contribution is -2.58. The molecule has 176 valence electrons. The molecule has 0 bridgehead atoms. The van der Waals surface area contributed by atoms with Gasteiger partial charge in [-0.3, -0.25) is 0 Å². The van der Waals surface area contributed by atoms with Gasteiger partial charge in [0.15, 0.2) is 0 Å². The number of hydrogen-bond acceptors (Lipinski definition) is 1. The first-order valence-corrected chi connectivity index (χ1v) is 14.6. The second kappa shape index (κ2) is 7.86. The molecule has 1 heterocycles. The van der Waals surface area contributed by atoms with Gasteiger partial charge in [-0.25, -0.2) is 0 Å². The summed E-state index contributed by atoms with van der Waals surface area (Å²) in [6.07, 6.45) is 18.2. The highest BCUT2D eigenvalue weighted by Gasteiger charge is 2.75. The van der Waals surface area contributed by atoms with Crippen molar-refractivity contribution in [2.75, 3.05) is 0 Å². The van der Waals surface area contributed by atoms with Gasteiger partial charge in [-0.1, -0.05) is 69.6 Å². The molecule has 5 fully saturated rings. The molecule has 0 N–H and O–H groups in total. The maximum atomic E-state index is 6.65. The SMILES string of the molecule is CC[C@H](C=C[C@@H](C)[C@H]1CC[C@H]2[C@@H]3C[C@H]4O[C@]45C[C@H](Br)CC[C@]5(C)[C@H]3CC[C@]12C)C(C)C.